The third kappa shape index (κ3) is 3.35. The van der Waals surface area contributed by atoms with Gasteiger partial charge in [0.15, 0.2) is 5.75 Å². The van der Waals surface area contributed by atoms with E-state index in [0.29, 0.717) is 0 Å². The van der Waals surface area contributed by atoms with Crippen LogP contribution in [0, 0.1) is 3.57 Å². The first-order valence-electron chi connectivity index (χ1n) is 3.97. The summed E-state index contributed by atoms with van der Waals surface area (Å²) in [6, 6.07) is 0. The van der Waals surface area contributed by atoms with Crippen LogP contribution >= 0.6 is 22.6 Å². The average Bonchev–Trinajstić information content (AvgIpc) is 2.18. The highest BCUT2D eigenvalue weighted by Gasteiger charge is 2.33. The molecule has 1 N–H and O–H groups in total. The van der Waals surface area contributed by atoms with Crippen LogP contribution in [0.2, 0.25) is 0 Å². The minimum absolute atomic E-state index is 0.237. The summed E-state index contributed by atoms with van der Waals surface area (Å²) in [4.78, 5) is 14.3. The Kier molecular flexibility index (Phi) is 4.01. The van der Waals surface area contributed by atoms with E-state index >= 15 is 0 Å². The maximum atomic E-state index is 12.0. The maximum Gasteiger partial charge on any atom is 0.573 e. The lowest BCUT2D eigenvalue weighted by molar-refractivity contribution is -0.275. The van der Waals surface area contributed by atoms with Crippen molar-refractivity contribution in [1.29, 1.82) is 0 Å². The normalized spacial score (nSPS) is 11.1. The number of pyridine rings is 1. The summed E-state index contributed by atoms with van der Waals surface area (Å²) in [5.74, 6) is -2.42. The molecule has 0 aliphatic heterocycles. The number of carboxylic acid groups (broad SMARTS) is 1. The second kappa shape index (κ2) is 4.94. The van der Waals surface area contributed by atoms with Gasteiger partial charge in [-0.3, -0.25) is 0 Å². The lowest BCUT2D eigenvalue weighted by Crippen LogP contribution is -2.19. The highest BCUT2D eigenvalue weighted by molar-refractivity contribution is 14.1. The van der Waals surface area contributed by atoms with Crippen molar-refractivity contribution in [3.8, 4) is 11.6 Å². The molecule has 0 unspecified atom stereocenters. The van der Waals surface area contributed by atoms with Crippen molar-refractivity contribution >= 4 is 28.6 Å². The largest absolute Gasteiger partial charge is 0.573 e. The third-order valence-corrected chi connectivity index (χ3v) is 2.65. The summed E-state index contributed by atoms with van der Waals surface area (Å²) in [5, 5.41) is 8.84. The number of aromatic carboxylic acids is 1. The van der Waals surface area contributed by atoms with Gasteiger partial charge in [0.05, 0.1) is 16.9 Å². The van der Waals surface area contributed by atoms with Crippen LogP contribution in [-0.4, -0.2) is 29.5 Å². The smallest absolute Gasteiger partial charge is 0.480 e. The third-order valence-electron chi connectivity index (χ3n) is 1.58. The Bertz CT molecular complexity index is 449. The van der Waals surface area contributed by atoms with Gasteiger partial charge in [-0.1, -0.05) is 0 Å². The Labute approximate surface area is 107 Å². The van der Waals surface area contributed by atoms with E-state index in [9.17, 15) is 18.0 Å². The van der Waals surface area contributed by atoms with Gasteiger partial charge in [0.25, 0.3) is 0 Å². The van der Waals surface area contributed by atoms with Gasteiger partial charge in [0.2, 0.25) is 5.88 Å². The Hall–Kier alpha value is -1.26. The Balaban J connectivity index is 3.28. The van der Waals surface area contributed by atoms with Crippen LogP contribution in [0.1, 0.15) is 10.4 Å². The van der Waals surface area contributed by atoms with E-state index in [1.54, 1.807) is 0 Å². The minimum Gasteiger partial charge on any atom is -0.480 e. The van der Waals surface area contributed by atoms with E-state index in [0.717, 1.165) is 13.3 Å². The molecule has 1 aromatic heterocycles. The molecular weight excluding hydrogens is 358 g/mol. The zero-order valence-electron chi connectivity index (χ0n) is 8.21. The second-order valence-corrected chi connectivity index (χ2v) is 3.75. The summed E-state index contributed by atoms with van der Waals surface area (Å²) in [6.07, 6.45) is -4.16. The highest BCUT2D eigenvalue weighted by Crippen LogP contribution is 2.32. The number of hydrogen-bond donors (Lipinski definition) is 1. The molecule has 0 aliphatic rings. The van der Waals surface area contributed by atoms with E-state index < -0.39 is 23.6 Å². The molecule has 0 radical (unpaired) electrons. The number of nitrogens with zero attached hydrogens (tertiary/aromatic N) is 1. The predicted octanol–water partition coefficient (Wildman–Crippen LogP) is 2.29. The number of carboxylic acids is 1. The molecule has 17 heavy (non-hydrogen) atoms. The van der Waals surface area contributed by atoms with E-state index in [2.05, 4.69) is 14.5 Å². The number of alkyl halides is 3. The van der Waals surface area contributed by atoms with Crippen LogP contribution in [0.4, 0.5) is 13.2 Å². The van der Waals surface area contributed by atoms with Crippen LogP contribution in [0.5, 0.6) is 11.6 Å². The average molecular weight is 363 g/mol. The molecule has 0 amide bonds. The van der Waals surface area contributed by atoms with E-state index in [1.807, 2.05) is 0 Å². The van der Waals surface area contributed by atoms with Crippen molar-refractivity contribution in [2.45, 2.75) is 6.36 Å². The second-order valence-electron chi connectivity index (χ2n) is 2.67. The van der Waals surface area contributed by atoms with E-state index in [4.69, 9.17) is 5.11 Å². The standard InChI is InChI=1S/C8H5F3INO4/c1-16-6-4(7(14)15)5(12)3(2-13-6)17-8(9,10)11/h2H,1H3,(H,14,15). The monoisotopic (exact) mass is 363 g/mol. The number of hydrogen-bond acceptors (Lipinski definition) is 4. The molecule has 0 aromatic carbocycles. The molecule has 0 fully saturated rings. The van der Waals surface area contributed by atoms with Gasteiger partial charge < -0.3 is 14.6 Å². The number of aromatic nitrogens is 1. The van der Waals surface area contributed by atoms with Crippen LogP contribution in [-0.2, 0) is 0 Å². The quantitative estimate of drug-likeness (QED) is 0.835. The molecule has 1 heterocycles. The van der Waals surface area contributed by atoms with E-state index in [-0.39, 0.29) is 9.45 Å². The van der Waals surface area contributed by atoms with Crippen molar-refractivity contribution in [3.05, 3.63) is 15.3 Å². The lowest BCUT2D eigenvalue weighted by Gasteiger charge is -2.12. The number of rotatable bonds is 3. The molecule has 0 aliphatic carbocycles. The lowest BCUT2D eigenvalue weighted by atomic mass is 10.2. The predicted molar refractivity (Wildman–Crippen MR) is 57.1 cm³/mol. The Morgan fingerprint density at radius 2 is 2.12 bits per heavy atom. The van der Waals surface area contributed by atoms with Crippen LogP contribution in [0.3, 0.4) is 0 Å². The van der Waals surface area contributed by atoms with Crippen LogP contribution < -0.4 is 9.47 Å². The van der Waals surface area contributed by atoms with Crippen molar-refractivity contribution in [2.75, 3.05) is 7.11 Å². The molecule has 1 rings (SSSR count). The van der Waals surface area contributed by atoms with Crippen molar-refractivity contribution in [2.24, 2.45) is 0 Å². The molecular formula is C8H5F3INO4. The summed E-state index contributed by atoms with van der Waals surface area (Å²) >= 11 is 1.42. The van der Waals surface area contributed by atoms with Gasteiger partial charge in [-0.15, -0.1) is 13.2 Å². The first kappa shape index (κ1) is 13.8. The van der Waals surface area contributed by atoms with Gasteiger partial charge in [-0.25, -0.2) is 9.78 Å². The van der Waals surface area contributed by atoms with Crippen LogP contribution in [0.15, 0.2) is 6.20 Å². The number of carbonyl (C=O) groups is 1. The molecule has 0 atom stereocenters. The zero-order valence-corrected chi connectivity index (χ0v) is 10.4. The molecule has 0 saturated heterocycles. The minimum atomic E-state index is -4.91. The number of halogens is 4. The molecule has 0 saturated carbocycles. The van der Waals surface area contributed by atoms with Gasteiger partial charge in [0.1, 0.15) is 5.56 Å². The Morgan fingerprint density at radius 1 is 1.53 bits per heavy atom. The fourth-order valence-corrected chi connectivity index (χ4v) is 1.70. The van der Waals surface area contributed by atoms with Gasteiger partial charge >= 0.3 is 12.3 Å². The molecule has 1 aromatic rings. The van der Waals surface area contributed by atoms with Gasteiger partial charge in [-0.05, 0) is 22.6 Å². The van der Waals surface area contributed by atoms with Crippen LogP contribution in [0.25, 0.3) is 0 Å². The fourth-order valence-electron chi connectivity index (χ4n) is 0.992. The molecule has 0 bridgehead atoms. The maximum absolute atomic E-state index is 12.0. The summed E-state index contributed by atoms with van der Waals surface area (Å²) in [5.41, 5.74) is -0.477. The first-order chi connectivity index (χ1) is 7.76. The number of ether oxygens (including phenoxy) is 2. The molecule has 9 heteroatoms. The zero-order chi connectivity index (χ0) is 13.2. The van der Waals surface area contributed by atoms with E-state index in [1.165, 1.54) is 22.6 Å². The van der Waals surface area contributed by atoms with Gasteiger partial charge in [-0.2, -0.15) is 0 Å². The van der Waals surface area contributed by atoms with Crippen molar-refractivity contribution in [1.82, 2.24) is 4.98 Å². The Morgan fingerprint density at radius 3 is 2.53 bits per heavy atom. The molecule has 5 nitrogen and oxygen atoms in total. The summed E-state index contributed by atoms with van der Waals surface area (Å²) in [7, 11) is 1.16. The van der Waals surface area contributed by atoms with Crippen molar-refractivity contribution < 1.29 is 32.5 Å². The molecule has 94 valence electrons. The SMILES string of the molecule is COc1ncc(OC(F)(F)F)c(I)c1C(=O)O. The summed E-state index contributed by atoms with van der Waals surface area (Å²) < 4.78 is 44.0. The molecule has 0 spiro atoms. The topological polar surface area (TPSA) is 68.7 Å². The fraction of sp³-hybridized carbons (Fsp3) is 0.250. The van der Waals surface area contributed by atoms with Gasteiger partial charge in [0, 0.05) is 0 Å². The number of methoxy groups -OCH3 is 1. The first-order valence-corrected chi connectivity index (χ1v) is 5.05. The van der Waals surface area contributed by atoms with Crippen molar-refractivity contribution in [3.63, 3.8) is 0 Å². The highest BCUT2D eigenvalue weighted by atomic mass is 127. The summed E-state index contributed by atoms with van der Waals surface area (Å²) in [6.45, 7) is 0.